The maximum atomic E-state index is 13.8. The van der Waals surface area contributed by atoms with Crippen LogP contribution in [0, 0.1) is 0 Å². The van der Waals surface area contributed by atoms with Gasteiger partial charge < -0.3 is 9.64 Å². The molecular weight excluding hydrogens is 458 g/mol. The Morgan fingerprint density at radius 2 is 1.05 bits per heavy atom. The third kappa shape index (κ3) is 4.31. The summed E-state index contributed by atoms with van der Waals surface area (Å²) in [5.41, 5.74) is 5.72. The van der Waals surface area contributed by atoms with Gasteiger partial charge in [0.2, 0.25) is 0 Å². The van der Waals surface area contributed by atoms with Gasteiger partial charge in [-0.3, -0.25) is 9.59 Å². The molecular formula is C33H31NO3. The van der Waals surface area contributed by atoms with Crippen molar-refractivity contribution in [3.63, 3.8) is 0 Å². The summed E-state index contributed by atoms with van der Waals surface area (Å²) in [6.45, 7) is 0. The van der Waals surface area contributed by atoms with Crippen LogP contribution in [0.5, 0.6) is 0 Å². The molecule has 37 heavy (non-hydrogen) atoms. The van der Waals surface area contributed by atoms with Crippen molar-refractivity contribution >= 4 is 17.3 Å². The maximum Gasteiger partial charge on any atom is 0.163 e. The zero-order chi connectivity index (χ0) is 25.5. The van der Waals surface area contributed by atoms with Crippen LogP contribution in [-0.2, 0) is 14.3 Å². The Hall–Kier alpha value is -3.92. The molecule has 0 amide bonds. The minimum atomic E-state index is -0.372. The zero-order valence-corrected chi connectivity index (χ0v) is 21.3. The van der Waals surface area contributed by atoms with Gasteiger partial charge in [-0.1, -0.05) is 72.8 Å². The summed E-state index contributed by atoms with van der Waals surface area (Å²) in [5, 5.41) is 0. The van der Waals surface area contributed by atoms with E-state index in [1.54, 1.807) is 0 Å². The number of carbonyl (C=O) groups excluding carboxylic acids is 2. The van der Waals surface area contributed by atoms with Gasteiger partial charge in [0.05, 0.1) is 0 Å². The average Bonchev–Trinajstić information content (AvgIpc) is 2.92. The first-order valence-corrected chi connectivity index (χ1v) is 13.1. The number of nitrogens with zero attached hydrogens (tertiary/aromatic N) is 1. The van der Waals surface area contributed by atoms with E-state index >= 15 is 0 Å². The van der Waals surface area contributed by atoms with Crippen molar-refractivity contribution in [2.45, 2.75) is 43.4 Å². The Kier molecular flexibility index (Phi) is 6.03. The number of Topliss-reactive ketones (excluding diaryl/α,β-unsaturated/α-hetero) is 2. The molecule has 3 aromatic carbocycles. The maximum absolute atomic E-state index is 13.8. The fourth-order valence-corrected chi connectivity index (χ4v) is 6.14. The molecule has 1 aliphatic heterocycles. The molecule has 0 aromatic heterocycles. The van der Waals surface area contributed by atoms with Gasteiger partial charge in [-0.15, -0.1) is 0 Å². The van der Waals surface area contributed by atoms with Crippen LogP contribution in [0.2, 0.25) is 0 Å². The first kappa shape index (κ1) is 23.5. The number of carbonyl (C=O) groups is 2. The summed E-state index contributed by atoms with van der Waals surface area (Å²) in [7, 11) is 4.01. The van der Waals surface area contributed by atoms with E-state index in [0.29, 0.717) is 36.8 Å². The Labute approximate surface area is 218 Å². The second kappa shape index (κ2) is 9.51. The molecule has 6 rings (SSSR count). The number of ketones is 2. The minimum Gasteiger partial charge on any atom is -0.465 e. The molecule has 2 aliphatic carbocycles. The van der Waals surface area contributed by atoms with E-state index in [2.05, 4.69) is 53.4 Å². The summed E-state index contributed by atoms with van der Waals surface area (Å²) in [4.78, 5) is 29.6. The number of allylic oxidation sites excluding steroid dienone is 4. The van der Waals surface area contributed by atoms with Crippen LogP contribution < -0.4 is 4.90 Å². The fraction of sp³-hybridized carbons (Fsp3) is 0.273. The lowest BCUT2D eigenvalue weighted by Gasteiger charge is -2.39. The summed E-state index contributed by atoms with van der Waals surface area (Å²) in [5.74, 6) is 1.44. The van der Waals surface area contributed by atoms with Gasteiger partial charge in [0.15, 0.2) is 11.6 Å². The number of rotatable bonds is 4. The van der Waals surface area contributed by atoms with Gasteiger partial charge in [-0.05, 0) is 40.7 Å². The number of benzene rings is 3. The summed E-state index contributed by atoms with van der Waals surface area (Å²) >= 11 is 0. The molecule has 0 spiro atoms. The van der Waals surface area contributed by atoms with Crippen LogP contribution in [-0.4, -0.2) is 25.7 Å². The van der Waals surface area contributed by atoms with Gasteiger partial charge in [0, 0.05) is 62.5 Å². The molecule has 3 aromatic rings. The van der Waals surface area contributed by atoms with Crippen molar-refractivity contribution in [2.24, 2.45) is 0 Å². The predicted octanol–water partition coefficient (Wildman–Crippen LogP) is 6.67. The molecule has 3 aliphatic rings. The SMILES string of the molecule is CN(C)c1ccc(C2C3=C(CC(c4ccccc4)CC3=O)OC3=C2C(=O)CC(c2ccccc2)C3)cc1. The summed E-state index contributed by atoms with van der Waals surface area (Å²) in [6, 6.07) is 28.7. The zero-order valence-electron chi connectivity index (χ0n) is 21.3. The van der Waals surface area contributed by atoms with E-state index in [4.69, 9.17) is 4.74 Å². The first-order valence-electron chi connectivity index (χ1n) is 13.1. The lowest BCUT2D eigenvalue weighted by Crippen LogP contribution is -2.33. The second-order valence-electron chi connectivity index (χ2n) is 10.6. The Morgan fingerprint density at radius 1 is 0.595 bits per heavy atom. The molecule has 4 nitrogen and oxygen atoms in total. The first-order chi connectivity index (χ1) is 18.0. The molecule has 2 atom stereocenters. The van der Waals surface area contributed by atoms with Crippen LogP contribution in [0.1, 0.15) is 60.1 Å². The highest BCUT2D eigenvalue weighted by Crippen LogP contribution is 2.52. The number of hydrogen-bond donors (Lipinski definition) is 0. The van der Waals surface area contributed by atoms with Crippen molar-refractivity contribution < 1.29 is 14.3 Å². The highest BCUT2D eigenvalue weighted by Gasteiger charge is 2.45. The van der Waals surface area contributed by atoms with E-state index in [9.17, 15) is 9.59 Å². The Morgan fingerprint density at radius 3 is 1.49 bits per heavy atom. The van der Waals surface area contributed by atoms with Crippen LogP contribution in [0.15, 0.2) is 108 Å². The van der Waals surface area contributed by atoms with Crippen LogP contribution in [0.25, 0.3) is 0 Å². The average molecular weight is 490 g/mol. The molecule has 0 saturated heterocycles. The monoisotopic (exact) mass is 489 g/mol. The molecule has 0 radical (unpaired) electrons. The van der Waals surface area contributed by atoms with Gasteiger partial charge in [-0.2, -0.15) is 0 Å². The molecule has 2 unspecified atom stereocenters. The van der Waals surface area contributed by atoms with E-state index in [1.165, 1.54) is 0 Å². The van der Waals surface area contributed by atoms with Gasteiger partial charge in [0.25, 0.3) is 0 Å². The fourth-order valence-electron chi connectivity index (χ4n) is 6.14. The smallest absolute Gasteiger partial charge is 0.163 e. The van der Waals surface area contributed by atoms with Crippen molar-refractivity contribution in [2.75, 3.05) is 19.0 Å². The van der Waals surface area contributed by atoms with Crippen molar-refractivity contribution in [1.29, 1.82) is 0 Å². The predicted molar refractivity (Wildman–Crippen MR) is 145 cm³/mol. The van der Waals surface area contributed by atoms with Crippen molar-refractivity contribution in [3.8, 4) is 0 Å². The lowest BCUT2D eigenvalue weighted by molar-refractivity contribution is -0.118. The van der Waals surface area contributed by atoms with Crippen LogP contribution in [0.3, 0.4) is 0 Å². The summed E-state index contributed by atoms with van der Waals surface area (Å²) < 4.78 is 6.56. The normalized spacial score (nSPS) is 23.4. The van der Waals surface area contributed by atoms with Gasteiger partial charge in [-0.25, -0.2) is 0 Å². The van der Waals surface area contributed by atoms with E-state index in [1.807, 2.05) is 50.5 Å². The number of anilines is 1. The Bertz CT molecular complexity index is 1320. The third-order valence-electron chi connectivity index (χ3n) is 8.04. The van der Waals surface area contributed by atoms with Crippen LogP contribution >= 0.6 is 0 Å². The lowest BCUT2D eigenvalue weighted by atomic mass is 9.69. The topological polar surface area (TPSA) is 46.6 Å². The number of hydrogen-bond acceptors (Lipinski definition) is 4. The van der Waals surface area contributed by atoms with Gasteiger partial charge >= 0.3 is 0 Å². The van der Waals surface area contributed by atoms with E-state index < -0.39 is 0 Å². The Balaban J connectivity index is 1.44. The second-order valence-corrected chi connectivity index (χ2v) is 10.6. The van der Waals surface area contributed by atoms with Crippen LogP contribution in [0.4, 0.5) is 5.69 Å². The third-order valence-corrected chi connectivity index (χ3v) is 8.04. The standard InChI is InChI=1S/C33H31NO3/c1-34(2)26-15-13-23(14-16-26)31-32-27(35)17-24(21-9-5-3-6-10-21)19-29(32)37-30-20-25(18-28(36)33(30)31)22-11-7-4-8-12-22/h3-16,24-25,31H,17-20H2,1-2H3. The molecule has 0 N–H and O–H groups in total. The molecule has 0 bridgehead atoms. The number of ether oxygens (including phenoxy) is 1. The van der Waals surface area contributed by atoms with E-state index in [-0.39, 0.29) is 29.3 Å². The van der Waals surface area contributed by atoms with Gasteiger partial charge in [0.1, 0.15) is 11.5 Å². The molecule has 186 valence electrons. The molecule has 1 heterocycles. The highest BCUT2D eigenvalue weighted by molar-refractivity contribution is 6.06. The molecule has 4 heteroatoms. The molecule has 0 fully saturated rings. The minimum absolute atomic E-state index is 0.0792. The van der Waals surface area contributed by atoms with Crippen molar-refractivity contribution in [3.05, 3.63) is 124 Å². The quantitative estimate of drug-likeness (QED) is 0.411. The highest BCUT2D eigenvalue weighted by atomic mass is 16.5. The van der Waals surface area contributed by atoms with Crippen molar-refractivity contribution in [1.82, 2.24) is 0 Å². The molecule has 0 saturated carbocycles. The summed E-state index contributed by atoms with van der Waals surface area (Å²) in [6.07, 6.45) is 2.19. The largest absolute Gasteiger partial charge is 0.465 e. The van der Waals surface area contributed by atoms with E-state index in [0.717, 1.165) is 33.9 Å².